The number of halogens is 3. The lowest BCUT2D eigenvalue weighted by molar-refractivity contribution is -0.192. The minimum atomic E-state index is -5.08. The first-order valence-corrected chi connectivity index (χ1v) is 7.03. The number of amides is 1. The van der Waals surface area contributed by atoms with E-state index in [1.807, 2.05) is 4.90 Å². The van der Waals surface area contributed by atoms with Crippen molar-refractivity contribution in [1.82, 2.24) is 10.2 Å². The van der Waals surface area contributed by atoms with Gasteiger partial charge in [-0.3, -0.25) is 9.59 Å². The molecular weight excluding hydrogens is 321 g/mol. The number of ether oxygens (including phenoxy) is 1. The number of methoxy groups -OCH3 is 1. The number of nitrogens with one attached hydrogen (secondary N) is 1. The SMILES string of the molecule is COC(=O)CCC(=O)N1C[C@H]2CCN[C@H]2C1.O=C(O)C(F)(F)F. The highest BCUT2D eigenvalue weighted by atomic mass is 19.4. The van der Waals surface area contributed by atoms with E-state index in [2.05, 4.69) is 10.1 Å². The maximum Gasteiger partial charge on any atom is 0.490 e. The number of fused-ring (bicyclic) bond motifs is 1. The second kappa shape index (κ2) is 8.14. The van der Waals surface area contributed by atoms with Crippen molar-refractivity contribution in [3.05, 3.63) is 0 Å². The van der Waals surface area contributed by atoms with Gasteiger partial charge in [0.2, 0.25) is 5.91 Å². The molecule has 2 N–H and O–H groups in total. The quantitative estimate of drug-likeness (QED) is 0.722. The second-order valence-electron chi connectivity index (χ2n) is 5.29. The van der Waals surface area contributed by atoms with Crippen molar-refractivity contribution in [2.45, 2.75) is 31.5 Å². The van der Waals surface area contributed by atoms with Crippen molar-refractivity contribution >= 4 is 17.8 Å². The molecule has 2 aliphatic rings. The van der Waals surface area contributed by atoms with Gasteiger partial charge in [-0.1, -0.05) is 0 Å². The van der Waals surface area contributed by atoms with E-state index in [1.165, 1.54) is 7.11 Å². The van der Waals surface area contributed by atoms with Gasteiger partial charge in [-0.25, -0.2) is 4.79 Å². The summed E-state index contributed by atoms with van der Waals surface area (Å²) in [5, 5.41) is 10.5. The third-order valence-corrected chi connectivity index (χ3v) is 3.73. The number of aliphatic carboxylic acids is 1. The van der Waals surface area contributed by atoms with E-state index < -0.39 is 12.1 Å². The van der Waals surface area contributed by atoms with Crippen LogP contribution in [0, 0.1) is 5.92 Å². The summed E-state index contributed by atoms with van der Waals surface area (Å²) >= 11 is 0. The third-order valence-electron chi connectivity index (χ3n) is 3.73. The number of carbonyl (C=O) groups excluding carboxylic acids is 2. The molecule has 2 aliphatic heterocycles. The Morgan fingerprint density at radius 3 is 2.35 bits per heavy atom. The number of carbonyl (C=O) groups is 3. The van der Waals surface area contributed by atoms with Crippen molar-refractivity contribution in [1.29, 1.82) is 0 Å². The fraction of sp³-hybridized carbons (Fsp3) is 0.769. The minimum absolute atomic E-state index is 0.0709. The summed E-state index contributed by atoms with van der Waals surface area (Å²) in [4.78, 5) is 33.5. The monoisotopic (exact) mass is 340 g/mol. The smallest absolute Gasteiger partial charge is 0.475 e. The van der Waals surface area contributed by atoms with Crippen LogP contribution in [0.25, 0.3) is 0 Å². The lowest BCUT2D eigenvalue weighted by atomic mass is 10.1. The summed E-state index contributed by atoms with van der Waals surface area (Å²) in [5.41, 5.74) is 0. The number of carboxylic acids is 1. The first-order chi connectivity index (χ1) is 10.6. The zero-order chi connectivity index (χ0) is 17.6. The number of nitrogens with zero attached hydrogens (tertiary/aromatic N) is 1. The molecule has 10 heteroatoms. The summed E-state index contributed by atoms with van der Waals surface area (Å²) in [6.07, 6.45) is -3.47. The molecule has 0 unspecified atom stereocenters. The molecule has 0 aromatic carbocycles. The average Bonchev–Trinajstić information content (AvgIpc) is 3.05. The Balaban J connectivity index is 0.000000322. The number of rotatable bonds is 3. The predicted octanol–water partition coefficient (Wildman–Crippen LogP) is 0.393. The van der Waals surface area contributed by atoms with Crippen LogP contribution in [0.4, 0.5) is 13.2 Å². The second-order valence-corrected chi connectivity index (χ2v) is 5.29. The number of carboxylic acid groups (broad SMARTS) is 1. The lowest BCUT2D eigenvalue weighted by Gasteiger charge is -2.16. The number of alkyl halides is 3. The Kier molecular flexibility index (Phi) is 6.79. The standard InChI is InChI=1S/C11H18N2O3.C2HF3O2/c1-16-11(15)3-2-10(14)13-6-8-4-5-12-9(8)7-13;3-2(4,5)1(6)7/h8-9,12H,2-7H2,1H3;(H,6,7)/t8-,9+;/m1./s1. The van der Waals surface area contributed by atoms with Gasteiger partial charge in [0.25, 0.3) is 0 Å². The molecule has 2 fully saturated rings. The number of hydrogen-bond donors (Lipinski definition) is 2. The highest BCUT2D eigenvalue weighted by molar-refractivity contribution is 5.81. The van der Waals surface area contributed by atoms with E-state index in [1.54, 1.807) is 0 Å². The van der Waals surface area contributed by atoms with Gasteiger partial charge >= 0.3 is 18.1 Å². The van der Waals surface area contributed by atoms with Crippen LogP contribution in [0.2, 0.25) is 0 Å². The molecule has 1 amide bonds. The normalized spacial score (nSPS) is 22.9. The van der Waals surface area contributed by atoms with Crippen molar-refractivity contribution in [3.8, 4) is 0 Å². The van der Waals surface area contributed by atoms with Gasteiger partial charge in [0.15, 0.2) is 0 Å². The number of likely N-dealkylation sites (tertiary alicyclic amines) is 1. The number of hydrogen-bond acceptors (Lipinski definition) is 5. The van der Waals surface area contributed by atoms with Gasteiger partial charge in [-0.05, 0) is 18.9 Å². The van der Waals surface area contributed by atoms with Gasteiger partial charge in [0, 0.05) is 25.6 Å². The van der Waals surface area contributed by atoms with Crippen molar-refractivity contribution in [2.75, 3.05) is 26.7 Å². The van der Waals surface area contributed by atoms with E-state index in [0.717, 1.165) is 26.1 Å². The average molecular weight is 340 g/mol. The fourth-order valence-corrected chi connectivity index (χ4v) is 2.52. The summed E-state index contributed by atoms with van der Waals surface area (Å²) in [6, 6.07) is 0.474. The molecule has 2 heterocycles. The molecule has 0 radical (unpaired) electrons. The summed E-state index contributed by atoms with van der Waals surface area (Å²) in [5.74, 6) is -2.39. The van der Waals surface area contributed by atoms with Crippen LogP contribution in [0.15, 0.2) is 0 Å². The Labute approximate surface area is 130 Å². The Morgan fingerprint density at radius 1 is 1.26 bits per heavy atom. The highest BCUT2D eigenvalue weighted by Crippen LogP contribution is 2.25. The van der Waals surface area contributed by atoms with Gasteiger partial charge in [0.1, 0.15) is 0 Å². The molecule has 0 saturated carbocycles. The summed E-state index contributed by atoms with van der Waals surface area (Å²) in [7, 11) is 1.34. The minimum Gasteiger partial charge on any atom is -0.475 e. The van der Waals surface area contributed by atoms with Gasteiger partial charge in [0.05, 0.1) is 13.5 Å². The van der Waals surface area contributed by atoms with Crippen molar-refractivity contribution in [3.63, 3.8) is 0 Å². The first-order valence-electron chi connectivity index (χ1n) is 7.03. The Morgan fingerprint density at radius 2 is 1.87 bits per heavy atom. The molecule has 0 aliphatic carbocycles. The van der Waals surface area contributed by atoms with Crippen LogP contribution in [-0.4, -0.2) is 66.8 Å². The topological polar surface area (TPSA) is 95.9 Å². The molecular formula is C13H19F3N2O5. The molecule has 0 aromatic rings. The first kappa shape index (κ1) is 19.2. The van der Waals surface area contributed by atoms with Gasteiger partial charge in [-0.15, -0.1) is 0 Å². The van der Waals surface area contributed by atoms with Crippen LogP contribution in [0.5, 0.6) is 0 Å². The van der Waals surface area contributed by atoms with E-state index in [-0.39, 0.29) is 24.7 Å². The van der Waals surface area contributed by atoms with Crippen LogP contribution in [0.1, 0.15) is 19.3 Å². The molecule has 0 spiro atoms. The number of esters is 1. The molecule has 0 aromatic heterocycles. The summed E-state index contributed by atoms with van der Waals surface area (Å²) < 4.78 is 36.3. The zero-order valence-corrected chi connectivity index (χ0v) is 12.6. The Bertz CT molecular complexity index is 443. The molecule has 132 valence electrons. The lowest BCUT2D eigenvalue weighted by Crippen LogP contribution is -2.34. The van der Waals surface area contributed by atoms with Crippen LogP contribution < -0.4 is 5.32 Å². The molecule has 2 atom stereocenters. The maximum absolute atomic E-state index is 11.8. The van der Waals surface area contributed by atoms with Crippen LogP contribution >= 0.6 is 0 Å². The zero-order valence-electron chi connectivity index (χ0n) is 12.6. The molecule has 2 saturated heterocycles. The van der Waals surface area contributed by atoms with E-state index in [0.29, 0.717) is 12.0 Å². The third kappa shape index (κ3) is 6.05. The van der Waals surface area contributed by atoms with Crippen molar-refractivity contribution in [2.24, 2.45) is 5.92 Å². The predicted molar refractivity (Wildman–Crippen MR) is 71.4 cm³/mol. The Hall–Kier alpha value is -1.84. The maximum atomic E-state index is 11.8. The van der Waals surface area contributed by atoms with E-state index >= 15 is 0 Å². The van der Waals surface area contributed by atoms with Gasteiger partial charge in [-0.2, -0.15) is 13.2 Å². The van der Waals surface area contributed by atoms with Crippen molar-refractivity contribution < 1.29 is 37.4 Å². The largest absolute Gasteiger partial charge is 0.490 e. The fourth-order valence-electron chi connectivity index (χ4n) is 2.52. The van der Waals surface area contributed by atoms with E-state index in [4.69, 9.17) is 9.90 Å². The molecule has 23 heavy (non-hydrogen) atoms. The summed E-state index contributed by atoms with van der Waals surface area (Å²) in [6.45, 7) is 2.71. The van der Waals surface area contributed by atoms with Crippen LogP contribution in [-0.2, 0) is 19.1 Å². The molecule has 0 bridgehead atoms. The van der Waals surface area contributed by atoms with Gasteiger partial charge < -0.3 is 20.1 Å². The molecule has 2 rings (SSSR count). The highest BCUT2D eigenvalue weighted by Gasteiger charge is 2.38. The molecule has 7 nitrogen and oxygen atoms in total. The van der Waals surface area contributed by atoms with Crippen LogP contribution in [0.3, 0.4) is 0 Å². The van der Waals surface area contributed by atoms with E-state index in [9.17, 15) is 22.8 Å².